The number of ether oxygens (including phenoxy) is 1. The molecule has 17 heavy (non-hydrogen) atoms. The maximum atomic E-state index is 5.80. The zero-order chi connectivity index (χ0) is 12.9. The van der Waals surface area contributed by atoms with E-state index in [1.807, 2.05) is 52.0 Å². The van der Waals surface area contributed by atoms with Gasteiger partial charge < -0.3 is 15.8 Å². The summed E-state index contributed by atoms with van der Waals surface area (Å²) in [5.41, 5.74) is 6.52. The molecule has 0 amide bonds. The Bertz CT molecular complexity index is 377. The van der Waals surface area contributed by atoms with Gasteiger partial charge in [0.1, 0.15) is 5.75 Å². The molecule has 4 heteroatoms. The van der Waals surface area contributed by atoms with Crippen LogP contribution in [-0.4, -0.2) is 18.1 Å². The summed E-state index contributed by atoms with van der Waals surface area (Å²) < 4.78 is 5.36. The molecule has 0 heterocycles. The number of rotatable bonds is 3. The van der Waals surface area contributed by atoms with Crippen LogP contribution < -0.4 is 15.8 Å². The average molecular weight is 235 g/mol. The molecule has 0 aliphatic rings. The Balaban J connectivity index is 2.66. The van der Waals surface area contributed by atoms with E-state index < -0.39 is 0 Å². The van der Waals surface area contributed by atoms with Gasteiger partial charge in [0.2, 0.25) is 0 Å². The molecule has 0 atom stereocenters. The number of guanidine groups is 1. The fraction of sp³-hybridized carbons (Fsp3) is 0.462. The maximum Gasteiger partial charge on any atom is 0.193 e. The van der Waals surface area contributed by atoms with Crippen molar-refractivity contribution in [3.63, 3.8) is 0 Å². The second kappa shape index (κ2) is 5.57. The molecule has 0 saturated carbocycles. The number of nitrogens with zero attached hydrogens (tertiary/aromatic N) is 1. The van der Waals surface area contributed by atoms with Gasteiger partial charge >= 0.3 is 0 Å². The number of benzene rings is 1. The summed E-state index contributed by atoms with van der Waals surface area (Å²) in [7, 11) is 0. The number of anilines is 1. The van der Waals surface area contributed by atoms with E-state index in [1.165, 1.54) is 0 Å². The Kier molecular flexibility index (Phi) is 4.37. The minimum atomic E-state index is -0.178. The van der Waals surface area contributed by atoms with Gasteiger partial charge in [-0.05, 0) is 52.0 Å². The van der Waals surface area contributed by atoms with E-state index >= 15 is 0 Å². The van der Waals surface area contributed by atoms with Crippen LogP contribution in [-0.2, 0) is 0 Å². The van der Waals surface area contributed by atoms with Crippen LogP contribution in [0.3, 0.4) is 0 Å². The summed E-state index contributed by atoms with van der Waals surface area (Å²) in [4.78, 5) is 4.32. The van der Waals surface area contributed by atoms with E-state index in [2.05, 4.69) is 10.3 Å². The standard InChI is InChI=1S/C13H21N3O/c1-5-17-11-8-6-10(7-9-11)15-12(14)16-13(2,3)4/h6-9H,5H2,1-4H3,(H3,14,15,16). The van der Waals surface area contributed by atoms with Gasteiger partial charge in [0.25, 0.3) is 0 Å². The first-order valence-corrected chi connectivity index (χ1v) is 5.76. The summed E-state index contributed by atoms with van der Waals surface area (Å²) in [6, 6.07) is 7.62. The molecular formula is C13H21N3O. The van der Waals surface area contributed by atoms with Crippen LogP contribution >= 0.6 is 0 Å². The first-order chi connectivity index (χ1) is 7.90. The highest BCUT2D eigenvalue weighted by Crippen LogP contribution is 2.15. The lowest BCUT2D eigenvalue weighted by atomic mass is 10.1. The number of hydrogen-bond donors (Lipinski definition) is 2. The fourth-order valence-corrected chi connectivity index (χ4v) is 1.34. The highest BCUT2D eigenvalue weighted by molar-refractivity contribution is 5.92. The molecule has 1 rings (SSSR count). The van der Waals surface area contributed by atoms with Crippen LogP contribution in [0.4, 0.5) is 5.69 Å². The van der Waals surface area contributed by atoms with Crippen molar-refractivity contribution in [3.8, 4) is 5.75 Å². The third-order valence-electron chi connectivity index (χ3n) is 1.89. The topological polar surface area (TPSA) is 59.6 Å². The number of hydrogen-bond acceptors (Lipinski definition) is 2. The molecule has 0 unspecified atom stereocenters. The van der Waals surface area contributed by atoms with Gasteiger partial charge in [-0.3, -0.25) is 0 Å². The second-order valence-electron chi connectivity index (χ2n) is 4.75. The van der Waals surface area contributed by atoms with Crippen molar-refractivity contribution in [3.05, 3.63) is 24.3 Å². The fourth-order valence-electron chi connectivity index (χ4n) is 1.34. The van der Waals surface area contributed by atoms with Gasteiger partial charge in [-0.25, -0.2) is 4.99 Å². The number of nitrogens with two attached hydrogens (primary N) is 1. The highest BCUT2D eigenvalue weighted by Gasteiger charge is 2.08. The zero-order valence-corrected chi connectivity index (χ0v) is 10.9. The Morgan fingerprint density at radius 2 is 1.88 bits per heavy atom. The molecule has 0 spiro atoms. The van der Waals surface area contributed by atoms with Crippen molar-refractivity contribution in [2.24, 2.45) is 10.7 Å². The van der Waals surface area contributed by atoms with Crippen LogP contribution in [0, 0.1) is 0 Å². The smallest absolute Gasteiger partial charge is 0.193 e. The predicted octanol–water partition coefficient (Wildman–Crippen LogP) is 2.61. The third kappa shape index (κ3) is 5.24. The average Bonchev–Trinajstić information content (AvgIpc) is 2.18. The van der Waals surface area contributed by atoms with Crippen molar-refractivity contribution >= 4 is 11.6 Å². The highest BCUT2D eigenvalue weighted by atomic mass is 16.5. The van der Waals surface area contributed by atoms with Crippen LogP contribution in [0.5, 0.6) is 5.75 Å². The normalized spacial score (nSPS) is 12.4. The van der Waals surface area contributed by atoms with Crippen LogP contribution in [0.1, 0.15) is 27.7 Å². The molecule has 0 radical (unpaired) electrons. The van der Waals surface area contributed by atoms with Crippen molar-refractivity contribution in [1.82, 2.24) is 0 Å². The van der Waals surface area contributed by atoms with Gasteiger partial charge in [-0.15, -0.1) is 0 Å². The Hall–Kier alpha value is -1.71. The van der Waals surface area contributed by atoms with E-state index in [9.17, 15) is 0 Å². The molecule has 0 saturated heterocycles. The first kappa shape index (κ1) is 13.4. The summed E-state index contributed by atoms with van der Waals surface area (Å²) in [6.07, 6.45) is 0. The lowest BCUT2D eigenvalue weighted by molar-refractivity contribution is 0.340. The summed E-state index contributed by atoms with van der Waals surface area (Å²) in [5.74, 6) is 1.27. The Morgan fingerprint density at radius 1 is 1.29 bits per heavy atom. The molecule has 94 valence electrons. The van der Waals surface area contributed by atoms with E-state index in [1.54, 1.807) is 0 Å². The molecular weight excluding hydrogens is 214 g/mol. The quantitative estimate of drug-likeness (QED) is 0.625. The predicted molar refractivity (Wildman–Crippen MR) is 72.6 cm³/mol. The molecule has 0 aromatic heterocycles. The molecule has 0 bridgehead atoms. The van der Waals surface area contributed by atoms with Crippen molar-refractivity contribution in [2.75, 3.05) is 11.9 Å². The Morgan fingerprint density at radius 3 is 2.35 bits per heavy atom. The van der Waals surface area contributed by atoms with Crippen LogP contribution in [0.15, 0.2) is 29.3 Å². The summed E-state index contributed by atoms with van der Waals surface area (Å²) in [5, 5.41) is 3.04. The molecule has 1 aromatic carbocycles. The monoisotopic (exact) mass is 235 g/mol. The largest absolute Gasteiger partial charge is 0.494 e. The third-order valence-corrected chi connectivity index (χ3v) is 1.89. The first-order valence-electron chi connectivity index (χ1n) is 5.76. The summed E-state index contributed by atoms with van der Waals surface area (Å²) >= 11 is 0. The van der Waals surface area contributed by atoms with Gasteiger partial charge in [0.05, 0.1) is 12.1 Å². The van der Waals surface area contributed by atoms with E-state index in [4.69, 9.17) is 10.5 Å². The Labute approximate surface area is 103 Å². The molecule has 1 aromatic rings. The van der Waals surface area contributed by atoms with Crippen molar-refractivity contribution in [1.29, 1.82) is 0 Å². The molecule has 4 nitrogen and oxygen atoms in total. The van der Waals surface area contributed by atoms with E-state index in [0.717, 1.165) is 11.4 Å². The molecule has 0 fully saturated rings. The lowest BCUT2D eigenvalue weighted by Gasteiger charge is -2.14. The van der Waals surface area contributed by atoms with Gasteiger partial charge in [0, 0.05) is 5.69 Å². The maximum absolute atomic E-state index is 5.80. The van der Waals surface area contributed by atoms with Crippen LogP contribution in [0.25, 0.3) is 0 Å². The van der Waals surface area contributed by atoms with Crippen LogP contribution in [0.2, 0.25) is 0 Å². The number of nitrogens with one attached hydrogen (secondary N) is 1. The molecule has 0 aliphatic carbocycles. The minimum Gasteiger partial charge on any atom is -0.494 e. The SMILES string of the molecule is CCOc1ccc(NC(N)=NC(C)(C)C)cc1. The minimum absolute atomic E-state index is 0.178. The van der Waals surface area contributed by atoms with Crippen molar-refractivity contribution < 1.29 is 4.74 Å². The summed E-state index contributed by atoms with van der Waals surface area (Å²) in [6.45, 7) is 8.62. The lowest BCUT2D eigenvalue weighted by Crippen LogP contribution is -2.27. The van der Waals surface area contributed by atoms with Gasteiger partial charge in [-0.2, -0.15) is 0 Å². The van der Waals surface area contributed by atoms with Gasteiger partial charge in [-0.1, -0.05) is 0 Å². The van der Waals surface area contributed by atoms with Crippen molar-refractivity contribution in [2.45, 2.75) is 33.2 Å². The second-order valence-corrected chi connectivity index (χ2v) is 4.75. The zero-order valence-electron chi connectivity index (χ0n) is 10.9. The van der Waals surface area contributed by atoms with E-state index in [0.29, 0.717) is 12.6 Å². The van der Waals surface area contributed by atoms with E-state index in [-0.39, 0.29) is 5.54 Å². The molecule has 0 aliphatic heterocycles. The molecule has 3 N–H and O–H groups in total. The van der Waals surface area contributed by atoms with Gasteiger partial charge in [0.15, 0.2) is 5.96 Å². The number of aliphatic imine (C=N–C) groups is 1.